The zero-order chi connectivity index (χ0) is 18.2. The summed E-state index contributed by atoms with van der Waals surface area (Å²) < 4.78 is 2.25. The quantitative estimate of drug-likeness (QED) is 0.670. The molecule has 0 aliphatic carbocycles. The fourth-order valence-electron chi connectivity index (χ4n) is 4.20. The van der Waals surface area contributed by atoms with Gasteiger partial charge in [-0.1, -0.05) is 24.3 Å². The molecule has 0 spiro atoms. The topological polar surface area (TPSA) is 75.9 Å². The van der Waals surface area contributed by atoms with Gasteiger partial charge in [-0.2, -0.15) is 0 Å². The van der Waals surface area contributed by atoms with Crippen molar-refractivity contribution in [2.45, 2.75) is 31.8 Å². The fourth-order valence-corrected chi connectivity index (χ4v) is 4.20. The van der Waals surface area contributed by atoms with E-state index in [-0.39, 0.29) is 30.7 Å². The Morgan fingerprint density at radius 3 is 2.66 bits per heavy atom. The fraction of sp³-hybridized carbons (Fsp3) is 0.400. The van der Waals surface area contributed by atoms with Gasteiger partial charge in [-0.15, -0.1) is 35.0 Å². The third-order valence-electron chi connectivity index (χ3n) is 5.67. The minimum absolute atomic E-state index is 0. The first kappa shape index (κ1) is 21.5. The molecule has 1 saturated heterocycles. The van der Waals surface area contributed by atoms with Crippen molar-refractivity contribution in [1.82, 2.24) is 30.0 Å². The van der Waals surface area contributed by atoms with Crippen molar-refractivity contribution in [1.29, 1.82) is 0 Å². The summed E-state index contributed by atoms with van der Waals surface area (Å²) in [5.74, 6) is 2.50. The van der Waals surface area contributed by atoms with Gasteiger partial charge >= 0.3 is 0 Å². The maximum atomic E-state index is 13.1. The number of pyridine rings is 1. The molecule has 9 heteroatoms. The van der Waals surface area contributed by atoms with Crippen LogP contribution in [0, 0.1) is 0 Å². The first-order valence-electron chi connectivity index (χ1n) is 9.57. The molecule has 2 aliphatic rings. The molecule has 2 aromatic heterocycles. The van der Waals surface area contributed by atoms with Crippen molar-refractivity contribution in [2.24, 2.45) is 0 Å². The van der Waals surface area contributed by atoms with Gasteiger partial charge in [0.15, 0.2) is 0 Å². The van der Waals surface area contributed by atoms with Gasteiger partial charge in [-0.05, 0) is 24.3 Å². The average molecular weight is 435 g/mol. The Kier molecular flexibility index (Phi) is 6.72. The van der Waals surface area contributed by atoms with Crippen LogP contribution < -0.4 is 5.32 Å². The van der Waals surface area contributed by atoms with Crippen LogP contribution in [0.15, 0.2) is 36.5 Å². The van der Waals surface area contributed by atoms with Gasteiger partial charge in [0.2, 0.25) is 0 Å². The molecule has 29 heavy (non-hydrogen) atoms. The first-order chi connectivity index (χ1) is 13.3. The smallest absolute Gasteiger partial charge is 0.273 e. The average Bonchev–Trinajstić information content (AvgIpc) is 3.17. The molecule has 2 aliphatic heterocycles. The van der Waals surface area contributed by atoms with Gasteiger partial charge in [0, 0.05) is 43.7 Å². The van der Waals surface area contributed by atoms with Crippen LogP contribution in [0.1, 0.15) is 40.9 Å². The number of fused-ring (bicyclic) bond motifs is 2. The first-order valence-corrected chi connectivity index (χ1v) is 9.57. The summed E-state index contributed by atoms with van der Waals surface area (Å²) in [5.41, 5.74) is 0.553. The molecule has 3 aromatic rings. The molecule has 1 amide bonds. The molecular weight excluding hydrogens is 411 g/mol. The van der Waals surface area contributed by atoms with E-state index in [9.17, 15) is 4.79 Å². The summed E-state index contributed by atoms with van der Waals surface area (Å²) >= 11 is 0. The van der Waals surface area contributed by atoms with Crippen LogP contribution in [-0.4, -0.2) is 50.2 Å². The monoisotopic (exact) mass is 434 g/mol. The van der Waals surface area contributed by atoms with Crippen LogP contribution in [0.4, 0.5) is 0 Å². The summed E-state index contributed by atoms with van der Waals surface area (Å²) in [6.45, 7) is 4.14. The van der Waals surface area contributed by atoms with E-state index < -0.39 is 0 Å². The van der Waals surface area contributed by atoms with Crippen molar-refractivity contribution in [2.75, 3.05) is 19.6 Å². The zero-order valence-corrected chi connectivity index (χ0v) is 17.6. The number of amides is 1. The van der Waals surface area contributed by atoms with Crippen molar-refractivity contribution < 1.29 is 4.79 Å². The molecule has 0 atom stereocenters. The number of halogens is 2. The van der Waals surface area contributed by atoms with Gasteiger partial charge in [0.1, 0.15) is 17.3 Å². The van der Waals surface area contributed by atoms with E-state index in [4.69, 9.17) is 0 Å². The van der Waals surface area contributed by atoms with Crippen LogP contribution >= 0.6 is 24.8 Å². The lowest BCUT2D eigenvalue weighted by Crippen LogP contribution is -2.39. The minimum Gasteiger partial charge on any atom is -0.337 e. The largest absolute Gasteiger partial charge is 0.337 e. The number of carbonyl (C=O) groups is 1. The number of nitrogens with one attached hydrogen (secondary N) is 1. The highest BCUT2D eigenvalue weighted by molar-refractivity contribution is 6.05. The second-order valence-electron chi connectivity index (χ2n) is 7.25. The van der Waals surface area contributed by atoms with Crippen LogP contribution in [-0.2, 0) is 13.1 Å². The number of piperidine rings is 1. The molecule has 0 saturated carbocycles. The van der Waals surface area contributed by atoms with Crippen LogP contribution in [0.2, 0.25) is 0 Å². The Morgan fingerprint density at radius 1 is 1.03 bits per heavy atom. The van der Waals surface area contributed by atoms with Crippen molar-refractivity contribution >= 4 is 41.5 Å². The second kappa shape index (κ2) is 9.07. The number of rotatable bonds is 2. The zero-order valence-electron chi connectivity index (χ0n) is 16.0. The van der Waals surface area contributed by atoms with Gasteiger partial charge in [-0.3, -0.25) is 9.78 Å². The molecule has 154 valence electrons. The van der Waals surface area contributed by atoms with E-state index in [2.05, 4.69) is 25.1 Å². The van der Waals surface area contributed by atoms with Gasteiger partial charge in [0.05, 0.1) is 6.54 Å². The number of hydrogen-bond donors (Lipinski definition) is 1. The Hall–Kier alpha value is -2.22. The predicted molar refractivity (Wildman–Crippen MR) is 116 cm³/mol. The maximum absolute atomic E-state index is 13.1. The highest BCUT2D eigenvalue weighted by atomic mass is 35.5. The van der Waals surface area contributed by atoms with E-state index in [1.807, 2.05) is 35.2 Å². The summed E-state index contributed by atoms with van der Waals surface area (Å²) in [7, 11) is 0. The van der Waals surface area contributed by atoms with Crippen LogP contribution in [0.25, 0.3) is 10.8 Å². The molecule has 4 heterocycles. The summed E-state index contributed by atoms with van der Waals surface area (Å²) in [6.07, 6.45) is 3.56. The number of aromatic nitrogens is 4. The SMILES string of the molecule is Cl.Cl.O=C(c1nccc2ccccc12)N1CCC(c2nnc3n2CCNC3)CC1. The normalized spacial score (nSPS) is 16.6. The third kappa shape index (κ3) is 3.95. The Morgan fingerprint density at radius 2 is 1.83 bits per heavy atom. The molecule has 0 radical (unpaired) electrons. The number of hydrogen-bond acceptors (Lipinski definition) is 5. The molecule has 1 N–H and O–H groups in total. The summed E-state index contributed by atoms with van der Waals surface area (Å²) in [6, 6.07) is 9.87. The van der Waals surface area contributed by atoms with Crippen molar-refractivity contribution in [3.05, 3.63) is 53.9 Å². The molecule has 0 bridgehead atoms. The Labute approximate surface area is 181 Å². The molecule has 5 rings (SSSR count). The number of benzene rings is 1. The summed E-state index contributed by atoms with van der Waals surface area (Å²) in [5, 5.41) is 14.1. The second-order valence-corrected chi connectivity index (χ2v) is 7.25. The third-order valence-corrected chi connectivity index (χ3v) is 5.67. The van der Waals surface area contributed by atoms with Crippen LogP contribution in [0.3, 0.4) is 0 Å². The number of likely N-dealkylation sites (tertiary alicyclic amines) is 1. The summed E-state index contributed by atoms with van der Waals surface area (Å²) in [4.78, 5) is 19.4. The molecular formula is C20H24Cl2N6O. The molecule has 1 aromatic carbocycles. The number of nitrogens with zero attached hydrogens (tertiary/aromatic N) is 5. The predicted octanol–water partition coefficient (Wildman–Crippen LogP) is 2.79. The molecule has 7 nitrogen and oxygen atoms in total. The van der Waals surface area contributed by atoms with Crippen molar-refractivity contribution in [3.8, 4) is 0 Å². The lowest BCUT2D eigenvalue weighted by atomic mass is 9.95. The lowest BCUT2D eigenvalue weighted by molar-refractivity contribution is 0.0706. The van der Waals surface area contributed by atoms with E-state index in [0.29, 0.717) is 11.6 Å². The van der Waals surface area contributed by atoms with Gasteiger partial charge in [-0.25, -0.2) is 0 Å². The van der Waals surface area contributed by atoms with E-state index in [1.54, 1.807) is 6.20 Å². The lowest BCUT2D eigenvalue weighted by Gasteiger charge is -2.32. The van der Waals surface area contributed by atoms with Gasteiger partial charge in [0.25, 0.3) is 5.91 Å². The van der Waals surface area contributed by atoms with Gasteiger partial charge < -0.3 is 14.8 Å². The molecule has 1 fully saturated rings. The Balaban J connectivity index is 0.00000120. The highest BCUT2D eigenvalue weighted by Gasteiger charge is 2.30. The standard InChI is InChI=1S/C20H22N6O.2ClH/c27-20(18-16-4-2-1-3-14(16)5-8-22-18)25-10-6-15(7-11-25)19-24-23-17-13-21-9-12-26(17)19;;/h1-5,8,15,21H,6-7,9-13H2;2*1H. The Bertz CT molecular complexity index is 994. The van der Waals surface area contributed by atoms with E-state index in [1.165, 1.54) is 0 Å². The maximum Gasteiger partial charge on any atom is 0.273 e. The minimum atomic E-state index is 0. The van der Waals surface area contributed by atoms with Crippen molar-refractivity contribution in [3.63, 3.8) is 0 Å². The van der Waals surface area contributed by atoms with E-state index in [0.717, 1.165) is 68.0 Å². The van der Waals surface area contributed by atoms with E-state index >= 15 is 0 Å². The number of carbonyl (C=O) groups excluding carboxylic acids is 1. The molecule has 0 unspecified atom stereocenters. The highest BCUT2D eigenvalue weighted by Crippen LogP contribution is 2.29. The van der Waals surface area contributed by atoms with Crippen LogP contribution in [0.5, 0.6) is 0 Å².